The van der Waals surface area contributed by atoms with Crippen molar-refractivity contribution in [3.8, 4) is 5.75 Å². The second-order valence-corrected chi connectivity index (χ2v) is 7.14. The van der Waals surface area contributed by atoms with Gasteiger partial charge >= 0.3 is 0 Å². The Balaban J connectivity index is 1.54. The maximum absolute atomic E-state index is 11.7. The van der Waals surface area contributed by atoms with Crippen molar-refractivity contribution in [3.63, 3.8) is 0 Å². The molecule has 1 aromatic heterocycles. The lowest BCUT2D eigenvalue weighted by molar-refractivity contribution is -0.115. The van der Waals surface area contributed by atoms with E-state index in [2.05, 4.69) is 51.1 Å². The first-order valence-electron chi connectivity index (χ1n) is 9.11. The number of thioether (sulfide) groups is 1. The summed E-state index contributed by atoms with van der Waals surface area (Å²) in [6.45, 7) is 2.92. The molecule has 0 radical (unpaired) electrons. The highest BCUT2D eigenvalue weighted by Crippen LogP contribution is 2.21. The summed E-state index contributed by atoms with van der Waals surface area (Å²) in [6.07, 6.45) is 6.16. The summed E-state index contributed by atoms with van der Waals surface area (Å²) in [5.74, 6) is 2.85. The lowest BCUT2D eigenvalue weighted by Crippen LogP contribution is -2.13. The molecule has 142 valence electrons. The third-order valence-electron chi connectivity index (χ3n) is 3.78. The third kappa shape index (κ3) is 7.86. The van der Waals surface area contributed by atoms with E-state index in [1.54, 1.807) is 11.8 Å². The fourth-order valence-corrected chi connectivity index (χ4v) is 3.28. The number of anilines is 1. The van der Waals surface area contributed by atoms with Crippen LogP contribution in [0.25, 0.3) is 0 Å². The van der Waals surface area contributed by atoms with Crippen molar-refractivity contribution in [2.45, 2.75) is 45.4 Å². The predicted molar refractivity (Wildman–Crippen MR) is 105 cm³/mol. The number of hydrogen-bond donors (Lipinski definition) is 2. The molecule has 26 heavy (non-hydrogen) atoms. The summed E-state index contributed by atoms with van der Waals surface area (Å²) in [5.41, 5.74) is 1.30. The minimum absolute atomic E-state index is 0.101. The van der Waals surface area contributed by atoms with Crippen LogP contribution in [0.1, 0.15) is 44.6 Å². The molecule has 2 rings (SSSR count). The standard InChI is InChI=1S/C18H27N5O2S/c1-2-3-4-8-15-9-5-6-10-16(15)25-12-7-13-26-14-11-17(24)19-18-20-22-23-21-18/h5-6,9-10H,2-4,7-8,11-14H2,1H3,(H2,19,20,21,22,23,24). The van der Waals surface area contributed by atoms with E-state index < -0.39 is 0 Å². The van der Waals surface area contributed by atoms with Gasteiger partial charge in [-0.25, -0.2) is 0 Å². The number of aromatic nitrogens is 4. The SMILES string of the molecule is CCCCCc1ccccc1OCCCSCCC(=O)Nc1nn[nH]n1. The highest BCUT2D eigenvalue weighted by atomic mass is 32.2. The van der Waals surface area contributed by atoms with Crippen LogP contribution >= 0.6 is 11.8 Å². The first-order chi connectivity index (χ1) is 12.8. The number of carbonyl (C=O) groups excluding carboxylic acids is 1. The van der Waals surface area contributed by atoms with E-state index in [1.165, 1.54) is 24.8 Å². The number of aryl methyl sites for hydroxylation is 1. The summed E-state index contributed by atoms with van der Waals surface area (Å²) >= 11 is 1.75. The van der Waals surface area contributed by atoms with Crippen LogP contribution in [-0.4, -0.2) is 44.6 Å². The highest BCUT2D eigenvalue weighted by molar-refractivity contribution is 7.99. The number of unbranched alkanes of at least 4 members (excludes halogenated alkanes) is 2. The smallest absolute Gasteiger partial charge is 0.269 e. The van der Waals surface area contributed by atoms with Gasteiger partial charge in [-0.15, -0.1) is 5.10 Å². The van der Waals surface area contributed by atoms with E-state index >= 15 is 0 Å². The van der Waals surface area contributed by atoms with E-state index in [-0.39, 0.29) is 11.9 Å². The van der Waals surface area contributed by atoms with Gasteiger partial charge in [0.15, 0.2) is 0 Å². The Morgan fingerprint density at radius 2 is 2.12 bits per heavy atom. The van der Waals surface area contributed by atoms with Gasteiger partial charge in [0.25, 0.3) is 5.95 Å². The van der Waals surface area contributed by atoms with Crippen LogP contribution in [0.15, 0.2) is 24.3 Å². The number of nitrogens with zero attached hydrogens (tertiary/aromatic N) is 3. The average Bonchev–Trinajstić information content (AvgIpc) is 3.15. The normalized spacial score (nSPS) is 10.7. The minimum atomic E-state index is -0.101. The van der Waals surface area contributed by atoms with Crippen LogP contribution in [0, 0.1) is 0 Å². The van der Waals surface area contributed by atoms with Crippen LogP contribution < -0.4 is 10.1 Å². The number of rotatable bonds is 13. The molecule has 2 N–H and O–H groups in total. The van der Waals surface area contributed by atoms with Gasteiger partial charge in [-0.2, -0.15) is 17.0 Å². The molecule has 0 fully saturated rings. The minimum Gasteiger partial charge on any atom is -0.493 e. The number of benzene rings is 1. The summed E-state index contributed by atoms with van der Waals surface area (Å²) in [7, 11) is 0. The lowest BCUT2D eigenvalue weighted by Gasteiger charge is -2.11. The van der Waals surface area contributed by atoms with Crippen LogP contribution in [0.3, 0.4) is 0 Å². The first kappa shape index (κ1) is 20.2. The van der Waals surface area contributed by atoms with Crippen molar-refractivity contribution in [1.82, 2.24) is 20.6 Å². The lowest BCUT2D eigenvalue weighted by atomic mass is 10.1. The molecule has 1 heterocycles. The zero-order valence-corrected chi connectivity index (χ0v) is 16.1. The molecule has 0 saturated carbocycles. The van der Waals surface area contributed by atoms with Gasteiger partial charge in [0.1, 0.15) is 5.75 Å². The molecule has 0 unspecified atom stereocenters. The zero-order chi connectivity index (χ0) is 18.5. The van der Waals surface area contributed by atoms with Gasteiger partial charge in [-0.3, -0.25) is 10.1 Å². The number of hydrogen-bond acceptors (Lipinski definition) is 6. The fraction of sp³-hybridized carbons (Fsp3) is 0.556. The Morgan fingerprint density at radius 3 is 2.92 bits per heavy atom. The van der Waals surface area contributed by atoms with E-state index in [4.69, 9.17) is 4.74 Å². The number of tetrazole rings is 1. The van der Waals surface area contributed by atoms with Crippen molar-refractivity contribution in [1.29, 1.82) is 0 Å². The molecule has 8 heteroatoms. The Hall–Kier alpha value is -2.09. The zero-order valence-electron chi connectivity index (χ0n) is 15.2. The van der Waals surface area contributed by atoms with Gasteiger partial charge in [-0.1, -0.05) is 43.1 Å². The second kappa shape index (κ2) is 12.3. The molecular formula is C18H27N5O2S. The first-order valence-corrected chi connectivity index (χ1v) is 10.3. The maximum Gasteiger partial charge on any atom is 0.269 e. The third-order valence-corrected chi connectivity index (χ3v) is 4.85. The summed E-state index contributed by atoms with van der Waals surface area (Å²) in [4.78, 5) is 11.7. The Labute approximate surface area is 158 Å². The molecule has 0 atom stereocenters. The van der Waals surface area contributed by atoms with Crippen LogP contribution in [0.5, 0.6) is 5.75 Å². The quantitative estimate of drug-likeness (QED) is 0.519. The van der Waals surface area contributed by atoms with Crippen molar-refractivity contribution in [2.75, 3.05) is 23.4 Å². The van der Waals surface area contributed by atoms with Crippen LogP contribution in [-0.2, 0) is 11.2 Å². The summed E-state index contributed by atoms with van der Waals surface area (Å²) in [5, 5.41) is 15.6. The number of ether oxygens (including phenoxy) is 1. The maximum atomic E-state index is 11.7. The van der Waals surface area contributed by atoms with Crippen molar-refractivity contribution >= 4 is 23.6 Å². The van der Waals surface area contributed by atoms with Gasteiger partial charge in [0, 0.05) is 12.2 Å². The van der Waals surface area contributed by atoms with Gasteiger partial charge in [0.2, 0.25) is 5.91 Å². The number of para-hydroxylation sites is 1. The number of carbonyl (C=O) groups is 1. The molecule has 0 aliphatic heterocycles. The highest BCUT2D eigenvalue weighted by Gasteiger charge is 2.05. The molecule has 0 spiro atoms. The van der Waals surface area contributed by atoms with Gasteiger partial charge < -0.3 is 4.74 Å². The molecule has 1 aromatic carbocycles. The topological polar surface area (TPSA) is 92.8 Å². The monoisotopic (exact) mass is 377 g/mol. The van der Waals surface area contributed by atoms with E-state index in [0.717, 1.165) is 30.1 Å². The number of nitrogens with one attached hydrogen (secondary N) is 2. The summed E-state index contributed by atoms with van der Waals surface area (Å²) in [6, 6.07) is 8.30. The van der Waals surface area contributed by atoms with Gasteiger partial charge in [0.05, 0.1) is 6.61 Å². The number of amides is 1. The average molecular weight is 378 g/mol. The van der Waals surface area contributed by atoms with Crippen molar-refractivity contribution < 1.29 is 9.53 Å². The largest absolute Gasteiger partial charge is 0.493 e. The van der Waals surface area contributed by atoms with Crippen molar-refractivity contribution in [2.24, 2.45) is 0 Å². The Morgan fingerprint density at radius 1 is 1.23 bits per heavy atom. The Bertz CT molecular complexity index is 636. The van der Waals surface area contributed by atoms with Crippen LogP contribution in [0.4, 0.5) is 5.95 Å². The van der Waals surface area contributed by atoms with Crippen molar-refractivity contribution in [3.05, 3.63) is 29.8 Å². The predicted octanol–water partition coefficient (Wildman–Crippen LogP) is 3.46. The molecule has 0 saturated heterocycles. The molecule has 0 aliphatic rings. The van der Waals surface area contributed by atoms with Gasteiger partial charge in [-0.05, 0) is 41.9 Å². The fourth-order valence-electron chi connectivity index (χ4n) is 2.43. The van der Waals surface area contributed by atoms with Crippen LogP contribution in [0.2, 0.25) is 0 Å². The summed E-state index contributed by atoms with van der Waals surface area (Å²) < 4.78 is 5.95. The molecule has 0 aliphatic carbocycles. The molecule has 2 aromatic rings. The molecule has 7 nitrogen and oxygen atoms in total. The number of aromatic amines is 1. The second-order valence-electron chi connectivity index (χ2n) is 5.91. The molecule has 0 bridgehead atoms. The van der Waals surface area contributed by atoms with E-state index in [1.807, 2.05) is 6.07 Å². The Kier molecular flexibility index (Phi) is 9.56. The molecule has 1 amide bonds. The number of H-pyrrole nitrogens is 1. The van der Waals surface area contributed by atoms with E-state index in [9.17, 15) is 4.79 Å². The van der Waals surface area contributed by atoms with E-state index in [0.29, 0.717) is 13.0 Å². The molecular weight excluding hydrogens is 350 g/mol.